The molecule has 1 fully saturated rings. The summed E-state index contributed by atoms with van der Waals surface area (Å²) in [6.45, 7) is 3.64. The van der Waals surface area contributed by atoms with Crippen LogP contribution in [0.2, 0.25) is 0 Å². The zero-order valence-electron chi connectivity index (χ0n) is 17.6. The monoisotopic (exact) mass is 416 g/mol. The molecule has 7 heteroatoms. The lowest BCUT2D eigenvalue weighted by atomic mass is 10.1. The van der Waals surface area contributed by atoms with E-state index in [1.807, 2.05) is 60.0 Å². The molecule has 31 heavy (non-hydrogen) atoms. The van der Waals surface area contributed by atoms with Crippen LogP contribution in [0.4, 0.5) is 0 Å². The number of para-hydroxylation sites is 1. The molecule has 1 aliphatic rings. The highest BCUT2D eigenvalue weighted by atomic mass is 16.5. The number of hydrogen-bond donors (Lipinski definition) is 0. The molecular formula is C24H24N4O3. The summed E-state index contributed by atoms with van der Waals surface area (Å²) in [6.07, 6.45) is 4.01. The fraction of sp³-hybridized carbons (Fsp3) is 0.333. The Morgan fingerprint density at radius 1 is 1.10 bits per heavy atom. The topological polar surface area (TPSA) is 83.0 Å². The second-order valence-corrected chi connectivity index (χ2v) is 8.04. The molecular weight excluding hydrogens is 392 g/mol. The number of fused-ring (bicyclic) bond motifs is 1. The number of benzene rings is 2. The van der Waals surface area contributed by atoms with Crippen LogP contribution in [0.15, 0.2) is 57.8 Å². The fourth-order valence-corrected chi connectivity index (χ4v) is 4.26. The highest BCUT2D eigenvalue weighted by Crippen LogP contribution is 2.31. The zero-order valence-corrected chi connectivity index (χ0v) is 17.6. The zero-order chi connectivity index (χ0) is 21.4. The molecule has 0 saturated heterocycles. The first-order valence-corrected chi connectivity index (χ1v) is 10.7. The van der Waals surface area contributed by atoms with E-state index in [0.717, 1.165) is 48.0 Å². The van der Waals surface area contributed by atoms with Crippen molar-refractivity contribution in [1.82, 2.24) is 19.7 Å². The SMILES string of the molecule is Cc1nc2cc(-c3noc([C@@H](C)Oc4ccccc4)n3)ccc2n(C2CCCC2)c1=O. The normalized spacial score (nSPS) is 15.4. The van der Waals surface area contributed by atoms with E-state index in [2.05, 4.69) is 15.1 Å². The molecule has 2 aromatic carbocycles. The average molecular weight is 416 g/mol. The van der Waals surface area contributed by atoms with Gasteiger partial charge in [0.05, 0.1) is 11.0 Å². The van der Waals surface area contributed by atoms with Crippen LogP contribution in [0.3, 0.4) is 0 Å². The summed E-state index contributed by atoms with van der Waals surface area (Å²) in [5.41, 5.74) is 2.92. The number of aryl methyl sites for hydroxylation is 1. The maximum absolute atomic E-state index is 12.8. The van der Waals surface area contributed by atoms with Gasteiger partial charge in [0.25, 0.3) is 11.4 Å². The van der Waals surface area contributed by atoms with E-state index in [9.17, 15) is 4.79 Å². The van der Waals surface area contributed by atoms with Gasteiger partial charge in [-0.3, -0.25) is 4.79 Å². The number of ether oxygens (including phenoxy) is 1. The Hall–Kier alpha value is -3.48. The third-order valence-electron chi connectivity index (χ3n) is 5.85. The van der Waals surface area contributed by atoms with Crippen LogP contribution in [0.5, 0.6) is 5.75 Å². The second-order valence-electron chi connectivity index (χ2n) is 8.04. The lowest BCUT2D eigenvalue weighted by molar-refractivity contribution is 0.176. The Morgan fingerprint density at radius 3 is 2.65 bits per heavy atom. The maximum Gasteiger partial charge on any atom is 0.272 e. The van der Waals surface area contributed by atoms with E-state index in [-0.39, 0.29) is 17.7 Å². The lowest BCUT2D eigenvalue weighted by Crippen LogP contribution is -2.26. The molecule has 0 amide bonds. The second kappa shape index (κ2) is 7.98. The molecule has 158 valence electrons. The van der Waals surface area contributed by atoms with Crippen LogP contribution in [0.1, 0.15) is 56.3 Å². The molecule has 1 atom stereocenters. The van der Waals surface area contributed by atoms with Crippen molar-refractivity contribution in [2.45, 2.75) is 51.7 Å². The van der Waals surface area contributed by atoms with Gasteiger partial charge in [-0.15, -0.1) is 0 Å². The highest BCUT2D eigenvalue weighted by Gasteiger charge is 2.22. The number of rotatable bonds is 5. The molecule has 7 nitrogen and oxygen atoms in total. The molecule has 2 heterocycles. The van der Waals surface area contributed by atoms with Crippen LogP contribution >= 0.6 is 0 Å². The third-order valence-corrected chi connectivity index (χ3v) is 5.85. The average Bonchev–Trinajstić information content (AvgIpc) is 3.48. The van der Waals surface area contributed by atoms with E-state index in [1.54, 1.807) is 6.92 Å². The molecule has 0 aliphatic heterocycles. The van der Waals surface area contributed by atoms with Crippen molar-refractivity contribution in [3.05, 3.63) is 70.5 Å². The van der Waals surface area contributed by atoms with Crippen LogP contribution in [-0.4, -0.2) is 19.7 Å². The minimum absolute atomic E-state index is 0.000817. The first-order valence-electron chi connectivity index (χ1n) is 10.7. The van der Waals surface area contributed by atoms with E-state index in [1.165, 1.54) is 0 Å². The van der Waals surface area contributed by atoms with Gasteiger partial charge >= 0.3 is 0 Å². The van der Waals surface area contributed by atoms with Gasteiger partial charge in [0.2, 0.25) is 5.82 Å². The Balaban J connectivity index is 1.47. The van der Waals surface area contributed by atoms with Gasteiger partial charge in [-0.05, 0) is 57.0 Å². The minimum atomic E-state index is -0.378. The molecule has 2 aromatic heterocycles. The smallest absolute Gasteiger partial charge is 0.272 e. The van der Waals surface area contributed by atoms with Crippen LogP contribution in [0.25, 0.3) is 22.4 Å². The first kappa shape index (κ1) is 19.5. The standard InChI is InChI=1S/C24H24N4O3/c1-15-24(29)28(18-8-6-7-9-18)21-13-12-17(14-20(21)25-15)22-26-23(31-27-22)16(2)30-19-10-4-3-5-11-19/h3-5,10-14,16,18H,6-9H2,1-2H3/t16-/m1/s1. The van der Waals surface area contributed by atoms with Crippen molar-refractivity contribution in [3.63, 3.8) is 0 Å². The molecule has 0 spiro atoms. The van der Waals surface area contributed by atoms with Gasteiger partial charge in [-0.1, -0.05) is 36.2 Å². The number of nitrogens with zero attached hydrogens (tertiary/aromatic N) is 4. The maximum atomic E-state index is 12.8. The summed E-state index contributed by atoms with van der Waals surface area (Å²) in [4.78, 5) is 21.9. The molecule has 0 unspecified atom stereocenters. The molecule has 5 rings (SSSR count). The Morgan fingerprint density at radius 2 is 1.87 bits per heavy atom. The van der Waals surface area contributed by atoms with Gasteiger partial charge in [-0.2, -0.15) is 4.98 Å². The molecule has 0 radical (unpaired) electrons. The van der Waals surface area contributed by atoms with E-state index >= 15 is 0 Å². The third kappa shape index (κ3) is 3.71. The summed E-state index contributed by atoms with van der Waals surface area (Å²) in [7, 11) is 0. The fourth-order valence-electron chi connectivity index (χ4n) is 4.26. The number of aromatic nitrogens is 4. The summed E-state index contributed by atoms with van der Waals surface area (Å²) in [6, 6.07) is 15.6. The van der Waals surface area contributed by atoms with Gasteiger partial charge in [0, 0.05) is 11.6 Å². The van der Waals surface area contributed by atoms with Crippen molar-refractivity contribution in [3.8, 4) is 17.1 Å². The Kier molecular flexibility index (Phi) is 5.02. The Bertz CT molecular complexity index is 1270. The van der Waals surface area contributed by atoms with Crippen LogP contribution in [0, 0.1) is 6.92 Å². The van der Waals surface area contributed by atoms with Gasteiger partial charge in [-0.25, -0.2) is 4.98 Å². The van der Waals surface area contributed by atoms with E-state index < -0.39 is 0 Å². The van der Waals surface area contributed by atoms with Gasteiger partial charge < -0.3 is 13.8 Å². The number of hydrogen-bond acceptors (Lipinski definition) is 6. The summed E-state index contributed by atoms with van der Waals surface area (Å²) in [5, 5.41) is 4.13. The highest BCUT2D eigenvalue weighted by molar-refractivity contribution is 5.80. The largest absolute Gasteiger partial charge is 0.481 e. The van der Waals surface area contributed by atoms with Crippen molar-refractivity contribution >= 4 is 11.0 Å². The lowest BCUT2D eigenvalue weighted by Gasteiger charge is -2.17. The first-order chi connectivity index (χ1) is 15.1. The molecule has 0 bridgehead atoms. The molecule has 0 N–H and O–H groups in total. The Labute approximate surface area is 179 Å². The molecule has 1 aliphatic carbocycles. The van der Waals surface area contributed by atoms with Crippen molar-refractivity contribution in [2.24, 2.45) is 0 Å². The predicted molar refractivity (Wildman–Crippen MR) is 117 cm³/mol. The van der Waals surface area contributed by atoms with Crippen molar-refractivity contribution < 1.29 is 9.26 Å². The van der Waals surface area contributed by atoms with Crippen LogP contribution in [-0.2, 0) is 0 Å². The van der Waals surface area contributed by atoms with Crippen molar-refractivity contribution in [2.75, 3.05) is 0 Å². The predicted octanol–water partition coefficient (Wildman–Crippen LogP) is 5.01. The van der Waals surface area contributed by atoms with E-state index in [0.29, 0.717) is 17.4 Å². The molecule has 4 aromatic rings. The summed E-state index contributed by atoms with van der Waals surface area (Å²) in [5.74, 6) is 1.61. The minimum Gasteiger partial charge on any atom is -0.481 e. The summed E-state index contributed by atoms with van der Waals surface area (Å²) < 4.78 is 13.2. The van der Waals surface area contributed by atoms with Gasteiger partial charge in [0.1, 0.15) is 11.4 Å². The molecule has 1 saturated carbocycles. The van der Waals surface area contributed by atoms with Gasteiger partial charge in [0.15, 0.2) is 6.10 Å². The quantitative estimate of drug-likeness (QED) is 0.455. The van der Waals surface area contributed by atoms with Crippen molar-refractivity contribution in [1.29, 1.82) is 0 Å². The van der Waals surface area contributed by atoms with Crippen LogP contribution < -0.4 is 10.3 Å². The van der Waals surface area contributed by atoms with E-state index in [4.69, 9.17) is 9.26 Å². The summed E-state index contributed by atoms with van der Waals surface area (Å²) >= 11 is 0.